The van der Waals surface area contributed by atoms with Crippen LogP contribution in [0.1, 0.15) is 12.8 Å². The molecule has 2 nitrogen and oxygen atoms in total. The van der Waals surface area contributed by atoms with Gasteiger partial charge in [0.05, 0.1) is 0 Å². The molecule has 0 aromatic heterocycles. The van der Waals surface area contributed by atoms with Crippen molar-refractivity contribution in [3.05, 3.63) is 12.7 Å². The molecule has 0 unspecified atom stereocenters. The second kappa shape index (κ2) is 1.95. The molecule has 0 aromatic carbocycles. The fourth-order valence-electron chi connectivity index (χ4n) is 0.919. The number of hydrogen-bond acceptors (Lipinski definition) is 2. The van der Waals surface area contributed by atoms with Gasteiger partial charge in [0, 0.05) is 12.0 Å². The molecule has 2 N–H and O–H groups in total. The minimum absolute atomic E-state index is 0.116. The molecule has 0 radical (unpaired) electrons. The zero-order valence-corrected chi connectivity index (χ0v) is 5.39. The molecule has 0 aliphatic heterocycles. The molecule has 1 aliphatic rings. The van der Waals surface area contributed by atoms with E-state index < -0.39 is 0 Å². The summed E-state index contributed by atoms with van der Waals surface area (Å²) in [7, 11) is 0. The van der Waals surface area contributed by atoms with E-state index in [1.54, 1.807) is 0 Å². The molecule has 1 saturated carbocycles. The van der Waals surface area contributed by atoms with Crippen LogP contribution in [0.4, 0.5) is 0 Å². The quantitative estimate of drug-likeness (QED) is 0.557. The molecule has 50 valence electrons. The first-order valence-corrected chi connectivity index (χ1v) is 3.12. The maximum absolute atomic E-state index is 10.9. The highest BCUT2D eigenvalue weighted by Crippen LogP contribution is 2.45. The van der Waals surface area contributed by atoms with E-state index in [0.717, 1.165) is 12.8 Å². The Labute approximate surface area is 54.7 Å². The predicted octanol–water partition coefficient (Wildman–Crippen LogP) is 0.480. The average molecular weight is 125 g/mol. The van der Waals surface area contributed by atoms with Crippen LogP contribution in [0, 0.1) is 5.41 Å². The number of rotatable bonds is 3. The number of nitrogens with two attached hydrogens (primary N) is 1. The van der Waals surface area contributed by atoms with E-state index in [9.17, 15) is 4.79 Å². The van der Waals surface area contributed by atoms with E-state index in [0.29, 0.717) is 6.54 Å². The number of carbonyl (C=O) groups is 1. The Balaban J connectivity index is 2.59. The van der Waals surface area contributed by atoms with Crippen molar-refractivity contribution in [2.75, 3.05) is 6.54 Å². The molecule has 0 bridgehead atoms. The van der Waals surface area contributed by atoms with Crippen LogP contribution in [-0.4, -0.2) is 12.3 Å². The molecule has 0 heterocycles. The summed E-state index contributed by atoms with van der Waals surface area (Å²) in [5.74, 6) is 0.116. The molecular weight excluding hydrogens is 114 g/mol. The van der Waals surface area contributed by atoms with E-state index in [-0.39, 0.29) is 11.2 Å². The van der Waals surface area contributed by atoms with Gasteiger partial charge in [0.25, 0.3) is 0 Å². The molecule has 2 heteroatoms. The van der Waals surface area contributed by atoms with Crippen molar-refractivity contribution >= 4 is 5.78 Å². The Bertz CT molecular complexity index is 147. The minimum Gasteiger partial charge on any atom is -0.329 e. The van der Waals surface area contributed by atoms with Crippen molar-refractivity contribution < 1.29 is 4.79 Å². The lowest BCUT2D eigenvalue weighted by Gasteiger charge is -2.04. The van der Waals surface area contributed by atoms with Crippen LogP contribution in [0.3, 0.4) is 0 Å². The molecule has 1 rings (SSSR count). The molecule has 0 atom stereocenters. The molecule has 0 amide bonds. The Hall–Kier alpha value is -0.630. The van der Waals surface area contributed by atoms with Gasteiger partial charge in [-0.15, -0.1) is 0 Å². The van der Waals surface area contributed by atoms with E-state index in [1.165, 1.54) is 6.08 Å². The summed E-state index contributed by atoms with van der Waals surface area (Å²) in [5, 5.41) is 0. The summed E-state index contributed by atoms with van der Waals surface area (Å²) in [6.45, 7) is 3.89. The monoisotopic (exact) mass is 125 g/mol. The number of hydrogen-bond donors (Lipinski definition) is 1. The number of allylic oxidation sites excluding steroid dienone is 1. The molecule has 1 fully saturated rings. The normalized spacial score (nSPS) is 21.0. The zero-order valence-electron chi connectivity index (χ0n) is 5.39. The lowest BCUT2D eigenvalue weighted by Crippen LogP contribution is -2.23. The van der Waals surface area contributed by atoms with Crippen molar-refractivity contribution in [3.8, 4) is 0 Å². The van der Waals surface area contributed by atoms with Gasteiger partial charge < -0.3 is 5.73 Å². The van der Waals surface area contributed by atoms with Crippen molar-refractivity contribution in [2.45, 2.75) is 12.8 Å². The van der Waals surface area contributed by atoms with E-state index >= 15 is 0 Å². The topological polar surface area (TPSA) is 43.1 Å². The zero-order chi connectivity index (χ0) is 6.91. The fraction of sp³-hybridized carbons (Fsp3) is 0.571. The predicted molar refractivity (Wildman–Crippen MR) is 35.9 cm³/mol. The average Bonchev–Trinajstić information content (AvgIpc) is 2.66. The van der Waals surface area contributed by atoms with Gasteiger partial charge in [-0.25, -0.2) is 0 Å². The van der Waals surface area contributed by atoms with Crippen LogP contribution in [0.5, 0.6) is 0 Å². The largest absolute Gasteiger partial charge is 0.329 e. The van der Waals surface area contributed by atoms with Gasteiger partial charge >= 0.3 is 0 Å². The fourth-order valence-corrected chi connectivity index (χ4v) is 0.919. The lowest BCUT2D eigenvalue weighted by molar-refractivity contribution is -0.119. The van der Waals surface area contributed by atoms with Crippen LogP contribution < -0.4 is 5.73 Å². The first kappa shape index (κ1) is 6.49. The summed E-state index contributed by atoms with van der Waals surface area (Å²) < 4.78 is 0. The van der Waals surface area contributed by atoms with Crippen molar-refractivity contribution in [1.82, 2.24) is 0 Å². The maximum Gasteiger partial charge on any atom is 0.162 e. The van der Waals surface area contributed by atoms with Crippen molar-refractivity contribution in [2.24, 2.45) is 11.1 Å². The Morgan fingerprint density at radius 1 is 1.78 bits per heavy atom. The smallest absolute Gasteiger partial charge is 0.162 e. The van der Waals surface area contributed by atoms with Crippen LogP contribution in [-0.2, 0) is 4.79 Å². The van der Waals surface area contributed by atoms with Gasteiger partial charge in [0.1, 0.15) is 0 Å². The third kappa shape index (κ3) is 0.900. The number of carbonyl (C=O) groups excluding carboxylic acids is 1. The van der Waals surface area contributed by atoms with Gasteiger partial charge in [-0.2, -0.15) is 0 Å². The second-order valence-corrected chi connectivity index (χ2v) is 2.55. The summed E-state index contributed by atoms with van der Waals surface area (Å²) in [4.78, 5) is 10.9. The Kier molecular flexibility index (Phi) is 1.41. The first-order chi connectivity index (χ1) is 4.25. The highest BCUT2D eigenvalue weighted by Gasteiger charge is 2.46. The third-order valence-electron chi connectivity index (χ3n) is 1.95. The Morgan fingerprint density at radius 2 is 2.33 bits per heavy atom. The van der Waals surface area contributed by atoms with Gasteiger partial charge in [0.15, 0.2) is 5.78 Å². The second-order valence-electron chi connectivity index (χ2n) is 2.55. The summed E-state index contributed by atoms with van der Waals surface area (Å²) in [6.07, 6.45) is 3.28. The van der Waals surface area contributed by atoms with Crippen molar-refractivity contribution in [3.63, 3.8) is 0 Å². The van der Waals surface area contributed by atoms with Gasteiger partial charge in [-0.1, -0.05) is 6.58 Å². The Morgan fingerprint density at radius 3 is 2.44 bits per heavy atom. The SMILES string of the molecule is C=CC(=O)C1(CN)CC1. The third-order valence-corrected chi connectivity index (χ3v) is 1.95. The highest BCUT2D eigenvalue weighted by molar-refractivity contribution is 5.96. The molecule has 9 heavy (non-hydrogen) atoms. The van der Waals surface area contributed by atoms with E-state index in [4.69, 9.17) is 5.73 Å². The molecule has 0 aromatic rings. The summed E-state index contributed by atoms with van der Waals surface area (Å²) in [6, 6.07) is 0. The minimum atomic E-state index is -0.179. The first-order valence-electron chi connectivity index (χ1n) is 3.12. The van der Waals surface area contributed by atoms with Crippen LogP contribution >= 0.6 is 0 Å². The lowest BCUT2D eigenvalue weighted by atomic mass is 10.0. The van der Waals surface area contributed by atoms with Crippen LogP contribution in [0.25, 0.3) is 0 Å². The van der Waals surface area contributed by atoms with E-state index in [1.807, 2.05) is 0 Å². The van der Waals surface area contributed by atoms with E-state index in [2.05, 4.69) is 6.58 Å². The van der Waals surface area contributed by atoms with Crippen LogP contribution in [0.2, 0.25) is 0 Å². The maximum atomic E-state index is 10.9. The summed E-state index contributed by atoms with van der Waals surface area (Å²) >= 11 is 0. The molecule has 1 aliphatic carbocycles. The summed E-state index contributed by atoms with van der Waals surface area (Å²) in [5.41, 5.74) is 5.20. The van der Waals surface area contributed by atoms with Gasteiger partial charge in [-0.05, 0) is 18.9 Å². The highest BCUT2D eigenvalue weighted by atomic mass is 16.1. The van der Waals surface area contributed by atoms with Crippen molar-refractivity contribution in [1.29, 1.82) is 0 Å². The number of ketones is 1. The van der Waals surface area contributed by atoms with Gasteiger partial charge in [-0.3, -0.25) is 4.79 Å². The molecule has 0 spiro atoms. The molecular formula is C7H11NO. The standard InChI is InChI=1S/C7H11NO/c1-2-6(9)7(5-8)3-4-7/h2H,1,3-5,8H2. The molecule has 0 saturated heterocycles. The van der Waals surface area contributed by atoms with Crippen LogP contribution in [0.15, 0.2) is 12.7 Å². The van der Waals surface area contributed by atoms with Gasteiger partial charge in [0.2, 0.25) is 0 Å².